The number of carbonyl (C=O) groups excluding carboxylic acids is 4. The van der Waals surface area contributed by atoms with Crippen LogP contribution in [-0.4, -0.2) is 99.6 Å². The number of carboxylic acids is 1. The van der Waals surface area contributed by atoms with Gasteiger partial charge in [0, 0.05) is 92.7 Å². The van der Waals surface area contributed by atoms with Gasteiger partial charge in [-0.1, -0.05) is 118 Å². The molecule has 0 aromatic carbocycles. The summed E-state index contributed by atoms with van der Waals surface area (Å²) < 4.78 is 60.1. The lowest BCUT2D eigenvalue weighted by molar-refractivity contribution is -0.146. The Morgan fingerprint density at radius 1 is 0.805 bits per heavy atom. The first-order chi connectivity index (χ1) is 40.5. The van der Waals surface area contributed by atoms with Crippen LogP contribution in [0.3, 0.4) is 0 Å². The van der Waals surface area contributed by atoms with Crippen LogP contribution in [0.5, 0.6) is 0 Å². The van der Waals surface area contributed by atoms with Crippen LogP contribution in [-0.2, 0) is 41.9 Å². The Morgan fingerprint density at radius 3 is 1.70 bits per heavy atom. The van der Waals surface area contributed by atoms with Gasteiger partial charge < -0.3 is 20.0 Å². The summed E-state index contributed by atoms with van der Waals surface area (Å²) in [5, 5.41) is 32.0. The molecule has 0 saturated carbocycles. The molecule has 466 valence electrons. The van der Waals surface area contributed by atoms with Gasteiger partial charge in [0.15, 0.2) is 17.7 Å². The summed E-state index contributed by atoms with van der Waals surface area (Å²) in [5.74, 6) is -2.71. The van der Waals surface area contributed by atoms with Gasteiger partial charge in [0.2, 0.25) is 0 Å². The number of hydrogen-bond acceptors (Lipinski definition) is 16. The number of ether oxygens (including phenoxy) is 1. The normalized spacial score (nSPS) is 12.4. The molecule has 18 nitrogen and oxygen atoms in total. The van der Waals surface area contributed by atoms with Crippen molar-refractivity contribution < 1.29 is 51.4 Å². The van der Waals surface area contributed by atoms with Gasteiger partial charge in [0.25, 0.3) is 11.5 Å². The largest absolute Gasteiger partial charge is 0.481 e. The number of fused-ring (bicyclic) bond motifs is 1. The first kappa shape index (κ1) is 77.6. The van der Waals surface area contributed by atoms with Crippen molar-refractivity contribution in [3.8, 4) is 23.4 Å². The van der Waals surface area contributed by atoms with Crippen LogP contribution in [0.2, 0.25) is 0 Å². The van der Waals surface area contributed by atoms with E-state index in [-0.39, 0.29) is 51.9 Å². The molecule has 0 unspecified atom stereocenters. The Balaban J connectivity index is 0.000000544. The minimum absolute atomic E-state index is 0.0479. The third kappa shape index (κ3) is 26.2. The average Bonchev–Trinajstić information content (AvgIpc) is 2.02. The van der Waals surface area contributed by atoms with E-state index in [1.807, 2.05) is 74.5 Å². The molecule has 2 N–H and O–H groups in total. The third-order valence-electron chi connectivity index (χ3n) is 11.0. The van der Waals surface area contributed by atoms with Gasteiger partial charge in [-0.15, -0.1) is 0 Å². The number of amides is 1. The summed E-state index contributed by atoms with van der Waals surface area (Å²) in [5.41, 5.74) is 0.732. The first-order valence-corrected chi connectivity index (χ1v) is 30.1. The summed E-state index contributed by atoms with van der Waals surface area (Å²) in [7, 11) is 0. The Morgan fingerprint density at radius 2 is 1.30 bits per heavy atom. The molecule has 5 aromatic heterocycles. The standard InChI is InChI=1S/C17H17FN4OS.C15H14FN3OS.C10H12FNO.C6H4FNO.C5H7NO2.C5H10O2.C3H6Br2/c1-17(2,3)14-12(18)7-10(9-20-14)13-11(8-19)15(23)22-5-4-6-24-16(22)21-13;1-15(2,3)13-11(16)4-8(7-18-13)9-5-12(21)19-14(20)10(9)6-17;1-10(2,3)9-8(11)4-7(6-13)5-12-9;7-6-1-5(4-9)2-8-3-6;1-3-8-5(7)4-6-2;1-5(2,3)4(6)7;4-2-1-3-5/h7,9H,4-6H2,1-3H3;4,7H,5H2,1-3H3,(H,19,20,21);4-6H,1-3H3;1-4H;3-4H2,1H3;1-3H3,(H,6,7);1-3H2. The number of nitrogens with one attached hydrogen (secondary N) is 1. The van der Waals surface area contributed by atoms with Crippen molar-refractivity contribution in [3.05, 3.63) is 145 Å². The van der Waals surface area contributed by atoms with Gasteiger partial charge in [-0.2, -0.15) is 10.5 Å². The summed E-state index contributed by atoms with van der Waals surface area (Å²) in [4.78, 5) is 88.1. The predicted molar refractivity (Wildman–Crippen MR) is 336 cm³/mol. The molecule has 2 aliphatic rings. The van der Waals surface area contributed by atoms with E-state index in [0.717, 1.165) is 35.1 Å². The highest BCUT2D eigenvalue weighted by Crippen LogP contribution is 2.32. The Hall–Kier alpha value is -7.44. The Kier molecular flexibility index (Phi) is 32.7. The molecule has 5 aromatic rings. The van der Waals surface area contributed by atoms with E-state index in [1.165, 1.54) is 65.7 Å². The van der Waals surface area contributed by atoms with E-state index in [2.05, 4.69) is 71.7 Å². The van der Waals surface area contributed by atoms with Gasteiger partial charge in [-0.05, 0) is 70.4 Å². The molecule has 0 saturated heterocycles. The lowest BCUT2D eigenvalue weighted by Crippen LogP contribution is -2.34. The number of carbonyl (C=O) groups is 5. The lowest BCUT2D eigenvalue weighted by Gasteiger charge is -2.21. The maximum atomic E-state index is 14.4. The van der Waals surface area contributed by atoms with Crippen LogP contribution in [0.1, 0.15) is 158 Å². The van der Waals surface area contributed by atoms with Crippen molar-refractivity contribution >= 4 is 96.8 Å². The van der Waals surface area contributed by atoms with E-state index in [0.29, 0.717) is 69.7 Å². The van der Waals surface area contributed by atoms with Crippen LogP contribution in [0.15, 0.2) is 70.8 Å². The molecule has 0 atom stereocenters. The fourth-order valence-electron chi connectivity index (χ4n) is 6.68. The van der Waals surface area contributed by atoms with Crippen LogP contribution in [0, 0.1) is 57.9 Å². The molecule has 0 aliphatic carbocycles. The average molecular weight is 1370 g/mol. The summed E-state index contributed by atoms with van der Waals surface area (Å²) >= 11 is 13.0. The second kappa shape index (κ2) is 36.6. The molecule has 0 spiro atoms. The van der Waals surface area contributed by atoms with Crippen LogP contribution < -0.4 is 10.9 Å². The number of aldehydes is 2. The summed E-state index contributed by atoms with van der Waals surface area (Å²) in [6.07, 6.45) is 10.1. The molecule has 0 radical (unpaired) electrons. The number of alkyl halides is 2. The number of carboxylic acid groups (broad SMARTS) is 1. The zero-order chi connectivity index (χ0) is 66.6. The monoisotopic (exact) mass is 1370 g/mol. The topological polar surface area (TPSA) is 265 Å². The smallest absolute Gasteiger partial charge is 0.387 e. The van der Waals surface area contributed by atoms with Crippen molar-refractivity contribution in [1.82, 2.24) is 34.8 Å². The highest BCUT2D eigenvalue weighted by Gasteiger charge is 2.28. The fourth-order valence-corrected chi connectivity index (χ4v) is 9.17. The maximum absolute atomic E-state index is 14.4. The number of hydrogen-bond donors (Lipinski definition) is 2. The van der Waals surface area contributed by atoms with Crippen LogP contribution in [0.25, 0.3) is 21.7 Å². The number of thioether (sulfide) groups is 1. The van der Waals surface area contributed by atoms with E-state index >= 15 is 0 Å². The number of halogens is 6. The van der Waals surface area contributed by atoms with E-state index < -0.39 is 57.4 Å². The van der Waals surface area contributed by atoms with Gasteiger partial charge in [0.1, 0.15) is 46.5 Å². The van der Waals surface area contributed by atoms with Crippen molar-refractivity contribution in [3.63, 3.8) is 0 Å². The number of aromatic nitrogens is 6. The number of nitriles is 2. The SMILES string of the molecule is BrCCCBr.CC(C)(C)C(=O)O.CC(C)(C)c1ncc(-c2nc3n(c(=O)c2C#N)CCCS3)cc1F.CC(C)(C)c1ncc(C2=C(C#N)C(=O)NC(=S)C2)cc1F.CC(C)(C)c1ncc(C=O)cc1F.O=Cc1cncc(F)c1.[C-]#[N+]CC(=O)OCC. The Bertz CT molecular complexity index is 3460. The summed E-state index contributed by atoms with van der Waals surface area (Å²) in [6, 6.07) is 8.71. The molecule has 0 bridgehead atoms. The predicted octanol–water partition coefficient (Wildman–Crippen LogP) is 12.9. The number of nitrogens with zero attached hydrogens (tertiary/aromatic N) is 9. The van der Waals surface area contributed by atoms with Gasteiger partial charge in [-0.3, -0.25) is 48.5 Å². The molecular weight excluding hydrogens is 1300 g/mol. The number of aliphatic carboxylic acids is 1. The molecule has 1 amide bonds. The number of thiocarbonyl (C=S) groups is 1. The zero-order valence-electron chi connectivity index (χ0n) is 50.6. The highest BCUT2D eigenvalue weighted by atomic mass is 79.9. The van der Waals surface area contributed by atoms with Crippen molar-refractivity contribution in [2.75, 3.05) is 29.6 Å². The minimum atomic E-state index is -0.757. The molecule has 87 heavy (non-hydrogen) atoms. The van der Waals surface area contributed by atoms with E-state index in [4.69, 9.17) is 29.2 Å². The van der Waals surface area contributed by atoms with Crippen molar-refractivity contribution in [2.24, 2.45) is 5.41 Å². The Labute approximate surface area is 531 Å². The number of pyridine rings is 4. The zero-order valence-corrected chi connectivity index (χ0v) is 55.4. The quantitative estimate of drug-likeness (QED) is 0.0278. The van der Waals surface area contributed by atoms with Crippen LogP contribution >= 0.6 is 55.8 Å². The molecule has 7 heterocycles. The lowest BCUT2D eigenvalue weighted by atomic mass is 9.89. The molecule has 0 fully saturated rings. The molecule has 2 aliphatic heterocycles. The number of rotatable bonds is 8. The maximum Gasteiger partial charge on any atom is 0.387 e. The van der Waals surface area contributed by atoms with E-state index in [9.17, 15) is 51.6 Å². The van der Waals surface area contributed by atoms with Crippen LogP contribution in [0.4, 0.5) is 17.6 Å². The van der Waals surface area contributed by atoms with Crippen molar-refractivity contribution in [1.29, 1.82) is 10.5 Å². The van der Waals surface area contributed by atoms with Gasteiger partial charge in [0.05, 0.1) is 46.0 Å². The first-order valence-electron chi connectivity index (χ1n) is 26.5. The minimum Gasteiger partial charge on any atom is -0.481 e. The highest BCUT2D eigenvalue weighted by molar-refractivity contribution is 9.09. The molecule has 7 rings (SSSR count). The summed E-state index contributed by atoms with van der Waals surface area (Å²) in [6.45, 7) is 30.5. The second-order valence-corrected chi connectivity index (χ2v) is 25.6. The fraction of sp³-hybridized carbons (Fsp3) is 0.426. The number of esters is 1. The molecular formula is C61H70Br2F4N10O8S2. The third-order valence-corrected chi connectivity index (χ3v) is 13.4. The second-order valence-electron chi connectivity index (χ2n) is 22.4. The van der Waals surface area contributed by atoms with Gasteiger partial charge in [-0.25, -0.2) is 33.9 Å². The molecule has 26 heteroatoms. The van der Waals surface area contributed by atoms with E-state index in [1.54, 1.807) is 27.7 Å². The van der Waals surface area contributed by atoms with Crippen molar-refractivity contribution in [2.45, 2.75) is 137 Å². The van der Waals surface area contributed by atoms with Gasteiger partial charge >= 0.3 is 18.5 Å².